The van der Waals surface area contributed by atoms with Crippen molar-refractivity contribution in [3.63, 3.8) is 0 Å². The van der Waals surface area contributed by atoms with Gasteiger partial charge < -0.3 is 15.8 Å². The van der Waals surface area contributed by atoms with E-state index < -0.39 is 6.04 Å². The van der Waals surface area contributed by atoms with Gasteiger partial charge in [0, 0.05) is 18.6 Å². The minimum Gasteiger partial charge on any atom is -0.385 e. The number of ether oxygens (including phenoxy) is 1. The molecule has 1 aromatic carbocycles. The lowest BCUT2D eigenvalue weighted by molar-refractivity contribution is -0.123. The normalized spacial score (nSPS) is 13.9. The number of hydrogen-bond acceptors (Lipinski definition) is 4. The number of carbonyl (C=O) groups excluding carboxylic acids is 1. The van der Waals surface area contributed by atoms with Gasteiger partial charge in [-0.2, -0.15) is 0 Å². The van der Waals surface area contributed by atoms with Gasteiger partial charge in [-0.05, 0) is 37.3 Å². The van der Waals surface area contributed by atoms with Crippen LogP contribution < -0.4 is 11.1 Å². The van der Waals surface area contributed by atoms with Gasteiger partial charge in [-0.1, -0.05) is 12.1 Å². The van der Waals surface area contributed by atoms with Gasteiger partial charge in [0.05, 0.1) is 12.1 Å². The van der Waals surface area contributed by atoms with Crippen LogP contribution in [0.2, 0.25) is 0 Å². The van der Waals surface area contributed by atoms with Crippen molar-refractivity contribution in [3.05, 3.63) is 29.8 Å². The summed E-state index contributed by atoms with van der Waals surface area (Å²) in [4.78, 5) is 13.1. The highest BCUT2D eigenvalue weighted by Crippen LogP contribution is 2.18. The van der Waals surface area contributed by atoms with E-state index in [4.69, 9.17) is 10.5 Å². The molecular formula is C14H22N2O2S. The number of hydrogen-bond donors (Lipinski definition) is 2. The Kier molecular flexibility index (Phi) is 6.91. The second-order valence-corrected chi connectivity index (χ2v) is 5.27. The molecule has 0 aliphatic carbocycles. The van der Waals surface area contributed by atoms with Crippen molar-refractivity contribution in [2.24, 2.45) is 5.73 Å². The molecule has 0 radical (unpaired) electrons. The first-order chi connectivity index (χ1) is 9.08. The zero-order chi connectivity index (χ0) is 14.3. The Morgan fingerprint density at radius 2 is 2.05 bits per heavy atom. The molecule has 0 aliphatic heterocycles. The van der Waals surface area contributed by atoms with E-state index in [0.29, 0.717) is 13.0 Å². The number of carbonyl (C=O) groups is 1. The van der Waals surface area contributed by atoms with E-state index in [9.17, 15) is 4.79 Å². The van der Waals surface area contributed by atoms with E-state index >= 15 is 0 Å². The van der Waals surface area contributed by atoms with E-state index in [2.05, 4.69) is 5.32 Å². The number of thioether (sulfide) groups is 1. The molecule has 0 bridgehead atoms. The molecule has 1 amide bonds. The first kappa shape index (κ1) is 16.0. The minimum absolute atomic E-state index is 0.0444. The summed E-state index contributed by atoms with van der Waals surface area (Å²) in [5, 5.41) is 2.92. The average molecular weight is 282 g/mol. The van der Waals surface area contributed by atoms with Gasteiger partial charge in [0.2, 0.25) is 5.91 Å². The summed E-state index contributed by atoms with van der Waals surface area (Å²) in [7, 11) is 1.60. The molecule has 0 saturated heterocycles. The fraction of sp³-hybridized carbons (Fsp3) is 0.500. The Hall–Kier alpha value is -1.04. The van der Waals surface area contributed by atoms with Gasteiger partial charge in [0.15, 0.2) is 0 Å². The topological polar surface area (TPSA) is 64.3 Å². The minimum atomic E-state index is -0.520. The van der Waals surface area contributed by atoms with Crippen molar-refractivity contribution in [1.82, 2.24) is 5.32 Å². The van der Waals surface area contributed by atoms with Crippen molar-refractivity contribution in [1.29, 1.82) is 0 Å². The van der Waals surface area contributed by atoms with Gasteiger partial charge in [0.25, 0.3) is 0 Å². The predicted octanol–water partition coefficient (Wildman–Crippen LogP) is 1.95. The number of nitrogens with one attached hydrogen (secondary N) is 1. The Morgan fingerprint density at radius 3 is 2.58 bits per heavy atom. The third-order valence-electron chi connectivity index (χ3n) is 2.94. The van der Waals surface area contributed by atoms with Crippen LogP contribution in [0.3, 0.4) is 0 Å². The van der Waals surface area contributed by atoms with Gasteiger partial charge in [-0.25, -0.2) is 0 Å². The second kappa shape index (κ2) is 8.19. The van der Waals surface area contributed by atoms with Crippen molar-refractivity contribution in [2.75, 3.05) is 20.0 Å². The summed E-state index contributed by atoms with van der Waals surface area (Å²) in [6.07, 6.45) is 2.56. The number of amides is 1. The highest BCUT2D eigenvalue weighted by atomic mass is 32.2. The lowest BCUT2D eigenvalue weighted by Gasteiger charge is -2.18. The third-order valence-corrected chi connectivity index (χ3v) is 3.69. The molecule has 0 aromatic heterocycles. The summed E-state index contributed by atoms with van der Waals surface area (Å²) in [6.45, 7) is 2.44. The summed E-state index contributed by atoms with van der Waals surface area (Å²) in [5.41, 5.74) is 6.85. The SMILES string of the molecule is COCCC(N)C(=O)NC(C)c1ccc(SC)cc1. The summed E-state index contributed by atoms with van der Waals surface area (Å²) >= 11 is 1.70. The van der Waals surface area contributed by atoms with Crippen molar-refractivity contribution >= 4 is 17.7 Å². The molecule has 0 spiro atoms. The smallest absolute Gasteiger partial charge is 0.237 e. The highest BCUT2D eigenvalue weighted by Gasteiger charge is 2.16. The number of benzene rings is 1. The summed E-state index contributed by atoms with van der Waals surface area (Å²) < 4.78 is 4.92. The standard InChI is InChI=1S/C14H22N2O2S/c1-10(11-4-6-12(19-3)7-5-11)16-14(17)13(15)8-9-18-2/h4-7,10,13H,8-9,15H2,1-3H3,(H,16,17). The average Bonchev–Trinajstić information content (AvgIpc) is 2.44. The van der Waals surface area contributed by atoms with Crippen molar-refractivity contribution < 1.29 is 9.53 Å². The van der Waals surface area contributed by atoms with Crippen molar-refractivity contribution in [3.8, 4) is 0 Å². The van der Waals surface area contributed by atoms with Crippen molar-refractivity contribution in [2.45, 2.75) is 30.3 Å². The maximum Gasteiger partial charge on any atom is 0.237 e. The Bertz CT molecular complexity index is 395. The fourth-order valence-corrected chi connectivity index (χ4v) is 2.08. The zero-order valence-corrected chi connectivity index (χ0v) is 12.5. The van der Waals surface area contributed by atoms with Crippen LogP contribution in [0.25, 0.3) is 0 Å². The van der Waals surface area contributed by atoms with E-state index in [1.54, 1.807) is 18.9 Å². The lowest BCUT2D eigenvalue weighted by Crippen LogP contribution is -2.42. The maximum atomic E-state index is 11.9. The Morgan fingerprint density at radius 1 is 1.42 bits per heavy atom. The van der Waals surface area contributed by atoms with Crippen LogP contribution in [0.1, 0.15) is 24.9 Å². The lowest BCUT2D eigenvalue weighted by atomic mass is 10.1. The van der Waals surface area contributed by atoms with E-state index in [1.165, 1.54) is 4.90 Å². The molecule has 106 valence electrons. The van der Waals surface area contributed by atoms with Gasteiger partial charge in [0.1, 0.15) is 0 Å². The molecule has 19 heavy (non-hydrogen) atoms. The molecule has 4 nitrogen and oxygen atoms in total. The van der Waals surface area contributed by atoms with E-state index in [-0.39, 0.29) is 11.9 Å². The second-order valence-electron chi connectivity index (χ2n) is 4.39. The monoisotopic (exact) mass is 282 g/mol. The number of methoxy groups -OCH3 is 1. The first-order valence-corrected chi connectivity index (χ1v) is 7.49. The molecule has 2 atom stereocenters. The molecule has 1 aromatic rings. The molecule has 0 saturated carbocycles. The molecule has 0 fully saturated rings. The molecule has 5 heteroatoms. The van der Waals surface area contributed by atoms with Crippen LogP contribution in [0.4, 0.5) is 0 Å². The number of rotatable bonds is 7. The van der Waals surface area contributed by atoms with Gasteiger partial charge in [-0.15, -0.1) is 11.8 Å². The molecule has 3 N–H and O–H groups in total. The maximum absolute atomic E-state index is 11.9. The summed E-state index contributed by atoms with van der Waals surface area (Å²) in [6, 6.07) is 7.58. The molecule has 0 heterocycles. The first-order valence-electron chi connectivity index (χ1n) is 6.27. The third kappa shape index (κ3) is 5.22. The van der Waals surface area contributed by atoms with Crippen LogP contribution in [-0.2, 0) is 9.53 Å². The van der Waals surface area contributed by atoms with Crippen LogP contribution in [0, 0.1) is 0 Å². The van der Waals surface area contributed by atoms with Gasteiger partial charge in [-0.3, -0.25) is 4.79 Å². The van der Waals surface area contributed by atoms with Gasteiger partial charge >= 0.3 is 0 Å². The number of nitrogens with two attached hydrogens (primary N) is 1. The van der Waals surface area contributed by atoms with Crippen LogP contribution >= 0.6 is 11.8 Å². The Balaban J connectivity index is 2.53. The van der Waals surface area contributed by atoms with Crippen LogP contribution in [-0.4, -0.2) is 31.9 Å². The highest BCUT2D eigenvalue weighted by molar-refractivity contribution is 7.98. The molecule has 2 unspecified atom stereocenters. The quantitative estimate of drug-likeness (QED) is 0.750. The Labute approximate surface area is 119 Å². The van der Waals surface area contributed by atoms with Crippen LogP contribution in [0.5, 0.6) is 0 Å². The van der Waals surface area contributed by atoms with E-state index in [1.807, 2.05) is 37.4 Å². The zero-order valence-electron chi connectivity index (χ0n) is 11.7. The molecule has 1 rings (SSSR count). The van der Waals surface area contributed by atoms with Crippen LogP contribution in [0.15, 0.2) is 29.2 Å². The summed E-state index contributed by atoms with van der Waals surface area (Å²) in [5.74, 6) is -0.140. The molecular weight excluding hydrogens is 260 g/mol. The molecule has 0 aliphatic rings. The predicted molar refractivity (Wildman–Crippen MR) is 79.2 cm³/mol. The fourth-order valence-electron chi connectivity index (χ4n) is 1.67. The largest absolute Gasteiger partial charge is 0.385 e. The van der Waals surface area contributed by atoms with E-state index in [0.717, 1.165) is 5.56 Å².